The monoisotopic (exact) mass is 336 g/mol. The highest BCUT2D eigenvalue weighted by Gasteiger charge is 2.34. The molecular weight excluding hydrogens is 316 g/mol. The molecule has 6 heteroatoms. The Hall–Kier alpha value is -2.73. The van der Waals surface area contributed by atoms with Crippen molar-refractivity contribution in [1.29, 1.82) is 0 Å². The van der Waals surface area contributed by atoms with E-state index in [4.69, 9.17) is 0 Å². The Morgan fingerprint density at radius 3 is 2.80 bits per heavy atom. The van der Waals surface area contributed by atoms with Gasteiger partial charge < -0.3 is 10.0 Å². The van der Waals surface area contributed by atoms with Crippen LogP contribution >= 0.6 is 0 Å². The van der Waals surface area contributed by atoms with E-state index in [0.29, 0.717) is 24.2 Å². The fourth-order valence-corrected chi connectivity index (χ4v) is 3.49. The number of fused-ring (bicyclic) bond motifs is 1. The third kappa shape index (κ3) is 3.00. The molecule has 1 saturated heterocycles. The second-order valence-electron chi connectivity index (χ2n) is 6.64. The first kappa shape index (κ1) is 15.8. The molecule has 6 nitrogen and oxygen atoms in total. The van der Waals surface area contributed by atoms with E-state index >= 15 is 0 Å². The van der Waals surface area contributed by atoms with Crippen molar-refractivity contribution in [3.05, 3.63) is 59.7 Å². The first-order chi connectivity index (χ1) is 12.1. The summed E-state index contributed by atoms with van der Waals surface area (Å²) < 4.78 is 1.68. The highest BCUT2D eigenvalue weighted by atomic mass is 16.3. The summed E-state index contributed by atoms with van der Waals surface area (Å²) in [5.41, 5.74) is 3.36. The molecule has 3 aromatic rings. The fraction of sp³-hybridized carbons (Fsp3) is 0.316. The smallest absolute Gasteiger partial charge is 0.254 e. The zero-order valence-corrected chi connectivity index (χ0v) is 14.0. The van der Waals surface area contributed by atoms with Crippen LogP contribution < -0.4 is 0 Å². The second kappa shape index (κ2) is 6.29. The zero-order chi connectivity index (χ0) is 17.4. The van der Waals surface area contributed by atoms with E-state index in [1.54, 1.807) is 21.7 Å². The Balaban J connectivity index is 1.50. The molecule has 4 rings (SSSR count). The number of likely N-dealkylation sites (tertiary alicyclic amines) is 1. The van der Waals surface area contributed by atoms with Crippen molar-refractivity contribution in [3.63, 3.8) is 0 Å². The van der Waals surface area contributed by atoms with E-state index in [9.17, 15) is 9.90 Å². The molecule has 128 valence electrons. The number of aryl methyl sites for hydroxylation is 1. The summed E-state index contributed by atoms with van der Waals surface area (Å²) in [5, 5.41) is 18.4. The number of aliphatic hydroxyl groups excluding tert-OH is 1. The van der Waals surface area contributed by atoms with Crippen LogP contribution in [0, 0.1) is 5.92 Å². The fourth-order valence-electron chi connectivity index (χ4n) is 3.49. The SMILES string of the molecule is Cn1nnc2cc(C(=O)N3C[C@@H](Cc4ccccc4)[C@H](O)C3)ccc21. The van der Waals surface area contributed by atoms with Crippen molar-refractivity contribution in [2.24, 2.45) is 13.0 Å². The van der Waals surface area contributed by atoms with Crippen LogP contribution in [-0.4, -0.2) is 50.1 Å². The number of hydrogen-bond donors (Lipinski definition) is 1. The number of nitrogens with zero attached hydrogens (tertiary/aromatic N) is 4. The molecule has 2 aromatic carbocycles. The van der Waals surface area contributed by atoms with Crippen LogP contribution in [0.5, 0.6) is 0 Å². The molecular formula is C19H20N4O2. The highest BCUT2D eigenvalue weighted by molar-refractivity contribution is 5.97. The lowest BCUT2D eigenvalue weighted by Crippen LogP contribution is -2.29. The molecule has 2 atom stereocenters. The molecule has 0 saturated carbocycles. The Bertz CT molecular complexity index is 906. The van der Waals surface area contributed by atoms with Gasteiger partial charge in [0.1, 0.15) is 5.52 Å². The number of rotatable bonds is 3. The summed E-state index contributed by atoms with van der Waals surface area (Å²) in [6.45, 7) is 0.933. The van der Waals surface area contributed by atoms with Crippen molar-refractivity contribution < 1.29 is 9.90 Å². The van der Waals surface area contributed by atoms with Gasteiger partial charge >= 0.3 is 0 Å². The summed E-state index contributed by atoms with van der Waals surface area (Å²) in [6.07, 6.45) is 0.277. The van der Waals surface area contributed by atoms with Crippen molar-refractivity contribution in [2.75, 3.05) is 13.1 Å². The van der Waals surface area contributed by atoms with Crippen LogP contribution in [0.4, 0.5) is 0 Å². The van der Waals surface area contributed by atoms with E-state index in [2.05, 4.69) is 22.4 Å². The van der Waals surface area contributed by atoms with Gasteiger partial charge in [-0.1, -0.05) is 35.5 Å². The number of amides is 1. The molecule has 0 bridgehead atoms. The predicted molar refractivity (Wildman–Crippen MR) is 94.1 cm³/mol. The van der Waals surface area contributed by atoms with Crippen LogP contribution in [0.3, 0.4) is 0 Å². The number of aliphatic hydroxyl groups is 1. The average molecular weight is 336 g/mol. The predicted octanol–water partition coefficient (Wildman–Crippen LogP) is 1.64. The van der Waals surface area contributed by atoms with Crippen molar-refractivity contribution in [1.82, 2.24) is 19.9 Å². The minimum absolute atomic E-state index is 0.0617. The Morgan fingerprint density at radius 1 is 1.20 bits per heavy atom. The maximum absolute atomic E-state index is 12.8. The third-order valence-electron chi connectivity index (χ3n) is 4.89. The van der Waals surface area contributed by atoms with Gasteiger partial charge in [0.2, 0.25) is 0 Å². The van der Waals surface area contributed by atoms with Crippen LogP contribution in [-0.2, 0) is 13.5 Å². The summed E-state index contributed by atoms with van der Waals surface area (Å²) >= 11 is 0. The van der Waals surface area contributed by atoms with E-state index in [-0.39, 0.29) is 11.8 Å². The number of benzene rings is 2. The van der Waals surface area contributed by atoms with Gasteiger partial charge in [0.15, 0.2) is 0 Å². The van der Waals surface area contributed by atoms with Gasteiger partial charge in [-0.05, 0) is 30.2 Å². The normalized spacial score (nSPS) is 20.3. The van der Waals surface area contributed by atoms with Crippen molar-refractivity contribution in [2.45, 2.75) is 12.5 Å². The van der Waals surface area contributed by atoms with Crippen LogP contribution in [0.1, 0.15) is 15.9 Å². The molecule has 1 fully saturated rings. The van der Waals surface area contributed by atoms with Gasteiger partial charge in [-0.25, -0.2) is 4.68 Å². The maximum atomic E-state index is 12.8. The van der Waals surface area contributed by atoms with Gasteiger partial charge in [-0.3, -0.25) is 4.79 Å². The molecule has 1 aliphatic rings. The number of aromatic nitrogens is 3. The molecule has 1 aliphatic heterocycles. The van der Waals surface area contributed by atoms with Gasteiger partial charge in [-0.2, -0.15) is 0 Å². The maximum Gasteiger partial charge on any atom is 0.254 e. The Labute approximate surface area is 145 Å². The summed E-state index contributed by atoms with van der Waals surface area (Å²) in [6, 6.07) is 15.5. The van der Waals surface area contributed by atoms with Crippen LogP contribution in [0.2, 0.25) is 0 Å². The second-order valence-corrected chi connectivity index (χ2v) is 6.64. The Morgan fingerprint density at radius 2 is 2.00 bits per heavy atom. The average Bonchev–Trinajstić information content (AvgIpc) is 3.18. The van der Waals surface area contributed by atoms with E-state index in [1.807, 2.05) is 31.3 Å². The number of β-amino-alcohol motifs (C(OH)–C–C–N with tert-alkyl or cyclic N) is 1. The highest BCUT2D eigenvalue weighted by Crippen LogP contribution is 2.24. The van der Waals surface area contributed by atoms with Crippen LogP contribution in [0.15, 0.2) is 48.5 Å². The number of carbonyl (C=O) groups is 1. The lowest BCUT2D eigenvalue weighted by Gasteiger charge is -2.16. The van der Waals surface area contributed by atoms with Gasteiger partial charge in [0.05, 0.1) is 11.6 Å². The largest absolute Gasteiger partial charge is 0.391 e. The molecule has 1 amide bonds. The zero-order valence-electron chi connectivity index (χ0n) is 14.0. The first-order valence-electron chi connectivity index (χ1n) is 8.42. The molecule has 2 heterocycles. The molecule has 1 aromatic heterocycles. The first-order valence-corrected chi connectivity index (χ1v) is 8.42. The third-order valence-corrected chi connectivity index (χ3v) is 4.89. The van der Waals surface area contributed by atoms with Crippen LogP contribution in [0.25, 0.3) is 11.0 Å². The topological polar surface area (TPSA) is 71.2 Å². The number of carbonyl (C=O) groups excluding carboxylic acids is 1. The molecule has 1 N–H and O–H groups in total. The van der Waals surface area contributed by atoms with E-state index in [1.165, 1.54) is 5.56 Å². The van der Waals surface area contributed by atoms with Gasteiger partial charge in [-0.15, -0.1) is 5.10 Å². The Kier molecular flexibility index (Phi) is 3.97. The van der Waals surface area contributed by atoms with Gasteiger partial charge in [0, 0.05) is 31.6 Å². The quantitative estimate of drug-likeness (QED) is 0.789. The minimum Gasteiger partial charge on any atom is -0.391 e. The lowest BCUT2D eigenvalue weighted by atomic mass is 9.97. The molecule has 0 spiro atoms. The van der Waals surface area contributed by atoms with Crippen molar-refractivity contribution >= 4 is 16.9 Å². The summed E-state index contributed by atoms with van der Waals surface area (Å²) in [5.74, 6) is -0.00578. The lowest BCUT2D eigenvalue weighted by molar-refractivity contribution is 0.0765. The van der Waals surface area contributed by atoms with E-state index in [0.717, 1.165) is 11.9 Å². The summed E-state index contributed by atoms with van der Waals surface area (Å²) in [7, 11) is 1.82. The van der Waals surface area contributed by atoms with E-state index < -0.39 is 6.10 Å². The standard InChI is InChI=1S/C19H20N4O2/c1-22-17-8-7-14(10-16(17)20-21-22)19(25)23-11-15(18(24)12-23)9-13-5-3-2-4-6-13/h2-8,10,15,18,24H,9,11-12H2,1H3/t15-,18-/m1/s1. The summed E-state index contributed by atoms with van der Waals surface area (Å²) in [4.78, 5) is 14.5. The molecule has 0 radical (unpaired) electrons. The van der Waals surface area contributed by atoms with Gasteiger partial charge in [0.25, 0.3) is 5.91 Å². The van der Waals surface area contributed by atoms with Crippen molar-refractivity contribution in [3.8, 4) is 0 Å². The molecule has 0 unspecified atom stereocenters. The number of hydrogen-bond acceptors (Lipinski definition) is 4. The molecule has 25 heavy (non-hydrogen) atoms. The molecule has 0 aliphatic carbocycles. The minimum atomic E-state index is -0.496.